The zero-order valence-electron chi connectivity index (χ0n) is 32.9. The molecule has 10 atom stereocenters. The first kappa shape index (κ1) is 36.4. The van der Waals surface area contributed by atoms with Gasteiger partial charge in [0, 0.05) is 49.1 Å². The highest BCUT2D eigenvalue weighted by Crippen LogP contribution is 2.49. The second-order valence-electron chi connectivity index (χ2n) is 17.6. The smallest absolute Gasteiger partial charge is 0.0449 e. The molecule has 0 aromatic heterocycles. The molecule has 0 radical (unpaired) electrons. The fourth-order valence-electron chi connectivity index (χ4n) is 11.0. The molecule has 2 aromatic rings. The number of nitrogens with zero attached hydrogens (tertiary/aromatic N) is 1. The summed E-state index contributed by atoms with van der Waals surface area (Å²) in [5.41, 5.74) is 6.19. The molecule has 0 spiro atoms. The van der Waals surface area contributed by atoms with Gasteiger partial charge in [0.25, 0.3) is 0 Å². The lowest BCUT2D eigenvalue weighted by atomic mass is 9.62. The Bertz CT molecular complexity index is 1840. The van der Waals surface area contributed by atoms with Gasteiger partial charge >= 0.3 is 0 Å². The van der Waals surface area contributed by atoms with Crippen molar-refractivity contribution >= 4 is 16.5 Å². The highest BCUT2D eigenvalue weighted by Gasteiger charge is 2.41. The minimum atomic E-state index is 0.439. The topological polar surface area (TPSA) is 15.3 Å². The van der Waals surface area contributed by atoms with Gasteiger partial charge in [-0.2, -0.15) is 0 Å². The van der Waals surface area contributed by atoms with Gasteiger partial charge in [-0.15, -0.1) is 0 Å². The fraction of sp³-hybridized carbons (Fsp3) is 0.490. The van der Waals surface area contributed by atoms with Crippen LogP contribution in [0.1, 0.15) is 66.2 Å². The Hall–Kier alpha value is -3.62. The van der Waals surface area contributed by atoms with Crippen molar-refractivity contribution in [1.82, 2.24) is 5.32 Å². The van der Waals surface area contributed by atoms with Crippen molar-refractivity contribution in [3.05, 3.63) is 138 Å². The third-order valence-electron chi connectivity index (χ3n) is 14.6. The van der Waals surface area contributed by atoms with Crippen molar-refractivity contribution in [3.63, 3.8) is 0 Å². The van der Waals surface area contributed by atoms with Crippen LogP contribution in [0.15, 0.2) is 138 Å². The monoisotopic (exact) mass is 705 g/mol. The van der Waals surface area contributed by atoms with Crippen LogP contribution in [0.25, 0.3) is 10.8 Å². The number of rotatable bonds is 8. The number of hydrogen-bond donors (Lipinski definition) is 1. The van der Waals surface area contributed by atoms with Crippen molar-refractivity contribution in [2.24, 2.45) is 65.1 Å². The summed E-state index contributed by atoms with van der Waals surface area (Å²) in [6, 6.07) is 16.2. The van der Waals surface area contributed by atoms with Crippen molar-refractivity contribution in [3.8, 4) is 0 Å². The quantitative estimate of drug-likeness (QED) is 0.275. The lowest BCUT2D eigenvalue weighted by molar-refractivity contribution is 0.159. The average molecular weight is 705 g/mol. The molecule has 1 saturated heterocycles. The summed E-state index contributed by atoms with van der Waals surface area (Å²) in [5, 5.41) is 6.24. The molecular formula is C51H64N2. The Morgan fingerprint density at radius 1 is 0.887 bits per heavy atom. The van der Waals surface area contributed by atoms with Crippen LogP contribution in [0.5, 0.6) is 0 Å². The Morgan fingerprint density at radius 2 is 1.66 bits per heavy atom. The van der Waals surface area contributed by atoms with Crippen LogP contribution < -0.4 is 10.2 Å². The third kappa shape index (κ3) is 7.55. The zero-order chi connectivity index (χ0) is 36.3. The molecule has 1 fully saturated rings. The van der Waals surface area contributed by atoms with Crippen molar-refractivity contribution in [1.29, 1.82) is 0 Å². The van der Waals surface area contributed by atoms with E-state index in [0.29, 0.717) is 65.1 Å². The Balaban J connectivity index is 1.26. The molecule has 2 nitrogen and oxygen atoms in total. The second-order valence-corrected chi connectivity index (χ2v) is 17.6. The number of nitrogens with one attached hydrogen (secondary N) is 1. The number of benzene rings is 2. The molecule has 0 saturated carbocycles. The summed E-state index contributed by atoms with van der Waals surface area (Å²) in [6.45, 7) is 14.2. The second kappa shape index (κ2) is 16.4. The van der Waals surface area contributed by atoms with Gasteiger partial charge in [-0.1, -0.05) is 155 Å². The van der Waals surface area contributed by atoms with Crippen LogP contribution in [0.3, 0.4) is 0 Å². The van der Waals surface area contributed by atoms with Gasteiger partial charge in [-0.3, -0.25) is 0 Å². The van der Waals surface area contributed by atoms with Crippen molar-refractivity contribution in [2.75, 3.05) is 31.1 Å². The van der Waals surface area contributed by atoms with Gasteiger partial charge in [-0.25, -0.2) is 0 Å². The Morgan fingerprint density at radius 3 is 2.47 bits per heavy atom. The van der Waals surface area contributed by atoms with Crippen molar-refractivity contribution < 1.29 is 0 Å². The van der Waals surface area contributed by atoms with E-state index < -0.39 is 0 Å². The third-order valence-corrected chi connectivity index (χ3v) is 14.6. The number of fused-ring (bicyclic) bond motifs is 5. The SMILES string of the molecule is CCCC(C/C=C(\C)C1CNC1)C1CN(c2cccc3ccccc23)C/C(C2=CC3CCC=CC3C3C=CC=CC23)=C\CC(C)C(C)C2C=CC=CC21. The standard InChI is InChI=1S/C51H64N2/c1-5-15-38(28-27-36(3)42-31-52-32-42)50-34-53(51-25-14-18-39-16-6-9-21-45(39)51)33-41(29-26-35(2)37(4)43-19-10-11-22-46(43)50)49-30-40-17-7-8-20-44(40)47-23-12-13-24-48(47)49/h6,8-14,16,18-25,27,29-30,35,37-38,40,42-44,46-48,50,52H,5,7,15,17,26,28,31-34H2,1-4H3/b36-27+,41-29+. The Labute approximate surface area is 321 Å². The summed E-state index contributed by atoms with van der Waals surface area (Å²) in [7, 11) is 0. The fourth-order valence-corrected chi connectivity index (χ4v) is 11.0. The molecule has 1 N–H and O–H groups in total. The molecular weight excluding hydrogens is 641 g/mol. The predicted octanol–water partition coefficient (Wildman–Crippen LogP) is 12.1. The molecule has 0 bridgehead atoms. The summed E-state index contributed by atoms with van der Waals surface area (Å²) in [4.78, 5) is 2.86. The van der Waals surface area contributed by atoms with E-state index in [1.165, 1.54) is 48.6 Å². The van der Waals surface area contributed by atoms with E-state index >= 15 is 0 Å². The van der Waals surface area contributed by atoms with Crippen LogP contribution >= 0.6 is 0 Å². The molecule has 10 unspecified atom stereocenters. The minimum Gasteiger partial charge on any atom is -0.366 e. The van der Waals surface area contributed by atoms with Gasteiger partial charge < -0.3 is 10.2 Å². The normalized spacial score (nSPS) is 34.6. The number of anilines is 1. The van der Waals surface area contributed by atoms with E-state index in [4.69, 9.17) is 0 Å². The molecule has 8 rings (SSSR count). The van der Waals surface area contributed by atoms with Crippen LogP contribution in [0, 0.1) is 65.1 Å². The van der Waals surface area contributed by atoms with Crippen molar-refractivity contribution in [2.45, 2.75) is 66.2 Å². The first-order valence-electron chi connectivity index (χ1n) is 21.4. The molecule has 2 heteroatoms. The summed E-state index contributed by atoms with van der Waals surface area (Å²) in [6.07, 6.45) is 40.1. The highest BCUT2D eigenvalue weighted by atomic mass is 15.1. The number of allylic oxidation sites excluding steroid dienone is 13. The summed E-state index contributed by atoms with van der Waals surface area (Å²) >= 11 is 0. The predicted molar refractivity (Wildman–Crippen MR) is 228 cm³/mol. The highest BCUT2D eigenvalue weighted by molar-refractivity contribution is 5.94. The van der Waals surface area contributed by atoms with E-state index in [-0.39, 0.29) is 0 Å². The molecule has 2 aliphatic heterocycles. The van der Waals surface area contributed by atoms with Gasteiger partial charge in [0.05, 0.1) is 0 Å². The molecule has 2 aromatic carbocycles. The zero-order valence-corrected chi connectivity index (χ0v) is 32.9. The van der Waals surface area contributed by atoms with Gasteiger partial charge in [0.1, 0.15) is 0 Å². The molecule has 6 aliphatic rings. The molecule has 2 heterocycles. The van der Waals surface area contributed by atoms with E-state index in [1.807, 2.05) is 0 Å². The maximum Gasteiger partial charge on any atom is 0.0449 e. The van der Waals surface area contributed by atoms with Gasteiger partial charge in [0.15, 0.2) is 0 Å². The largest absolute Gasteiger partial charge is 0.366 e. The van der Waals surface area contributed by atoms with Crippen LogP contribution in [0.4, 0.5) is 5.69 Å². The molecule has 4 aliphatic carbocycles. The minimum absolute atomic E-state index is 0.439. The van der Waals surface area contributed by atoms with Gasteiger partial charge in [-0.05, 0) is 108 Å². The molecule has 0 amide bonds. The maximum absolute atomic E-state index is 3.52. The lowest BCUT2D eigenvalue weighted by Gasteiger charge is -2.44. The van der Waals surface area contributed by atoms with E-state index in [1.54, 1.807) is 16.7 Å². The Kier molecular flexibility index (Phi) is 11.3. The summed E-state index contributed by atoms with van der Waals surface area (Å²) < 4.78 is 0. The molecule has 53 heavy (non-hydrogen) atoms. The summed E-state index contributed by atoms with van der Waals surface area (Å²) in [5.74, 6) is 6.36. The van der Waals surface area contributed by atoms with Crippen LogP contribution in [0.2, 0.25) is 0 Å². The molecule has 278 valence electrons. The van der Waals surface area contributed by atoms with E-state index in [9.17, 15) is 0 Å². The average Bonchev–Trinajstić information content (AvgIpc) is 3.19. The van der Waals surface area contributed by atoms with Crippen LogP contribution in [-0.4, -0.2) is 26.2 Å². The lowest BCUT2D eigenvalue weighted by Crippen LogP contribution is -2.43. The first-order chi connectivity index (χ1) is 26.0. The van der Waals surface area contributed by atoms with E-state index in [0.717, 1.165) is 32.6 Å². The first-order valence-corrected chi connectivity index (χ1v) is 21.4. The number of hydrogen-bond acceptors (Lipinski definition) is 2. The van der Waals surface area contributed by atoms with E-state index in [2.05, 4.69) is 159 Å². The van der Waals surface area contributed by atoms with Crippen LogP contribution in [-0.2, 0) is 0 Å². The maximum atomic E-state index is 3.52. The van der Waals surface area contributed by atoms with Gasteiger partial charge in [0.2, 0.25) is 0 Å².